The molecule has 21 heavy (non-hydrogen) atoms. The van der Waals surface area contributed by atoms with Gasteiger partial charge in [-0.25, -0.2) is 18.6 Å². The van der Waals surface area contributed by atoms with E-state index in [-0.39, 0.29) is 11.3 Å². The molecule has 7 heteroatoms. The summed E-state index contributed by atoms with van der Waals surface area (Å²) in [5.41, 5.74) is -1.23. The van der Waals surface area contributed by atoms with Gasteiger partial charge in [0.25, 0.3) is 5.91 Å². The van der Waals surface area contributed by atoms with Crippen LogP contribution in [0.2, 0.25) is 0 Å². The van der Waals surface area contributed by atoms with E-state index in [0.717, 1.165) is 6.07 Å². The van der Waals surface area contributed by atoms with Gasteiger partial charge >= 0.3 is 5.97 Å². The highest BCUT2D eigenvalue weighted by atomic mass is 19.1. The van der Waals surface area contributed by atoms with Gasteiger partial charge in [-0.05, 0) is 30.7 Å². The number of hydrogen-bond donors (Lipinski definition) is 2. The van der Waals surface area contributed by atoms with Gasteiger partial charge in [0.05, 0.1) is 5.69 Å². The Labute approximate surface area is 118 Å². The van der Waals surface area contributed by atoms with Crippen molar-refractivity contribution in [3.63, 3.8) is 0 Å². The molecule has 0 atom stereocenters. The summed E-state index contributed by atoms with van der Waals surface area (Å²) in [7, 11) is 0. The van der Waals surface area contributed by atoms with Crippen LogP contribution in [0.4, 0.5) is 14.5 Å². The van der Waals surface area contributed by atoms with Crippen molar-refractivity contribution < 1.29 is 23.5 Å². The fourth-order valence-corrected chi connectivity index (χ4v) is 1.73. The lowest BCUT2D eigenvalue weighted by molar-refractivity contribution is 0.0691. The highest BCUT2D eigenvalue weighted by molar-refractivity contribution is 6.07. The molecule has 0 saturated heterocycles. The third kappa shape index (κ3) is 2.86. The minimum atomic E-state index is -1.36. The number of rotatable bonds is 3. The van der Waals surface area contributed by atoms with Crippen LogP contribution < -0.4 is 5.32 Å². The molecule has 0 radical (unpaired) electrons. The Morgan fingerprint density at radius 2 is 1.95 bits per heavy atom. The van der Waals surface area contributed by atoms with E-state index in [1.54, 1.807) is 0 Å². The number of carboxylic acid groups (broad SMARTS) is 1. The standard InChI is InChI=1S/C14H10F2N2O3/c1-7-4-5-8(15)10(11(7)16)13(19)18-9-3-2-6-17-12(9)14(20)21/h2-6H,1H3,(H,18,19)(H,20,21). The number of aryl methyl sites for hydroxylation is 1. The molecule has 0 spiro atoms. The minimum Gasteiger partial charge on any atom is -0.476 e. The molecule has 0 fully saturated rings. The normalized spacial score (nSPS) is 10.2. The van der Waals surface area contributed by atoms with Crippen LogP contribution in [0.3, 0.4) is 0 Å². The lowest BCUT2D eigenvalue weighted by Crippen LogP contribution is -2.19. The van der Waals surface area contributed by atoms with Gasteiger partial charge in [-0.3, -0.25) is 4.79 Å². The van der Waals surface area contributed by atoms with Crippen LogP contribution in [0.15, 0.2) is 30.5 Å². The summed E-state index contributed by atoms with van der Waals surface area (Å²) in [6, 6.07) is 4.84. The Hall–Kier alpha value is -2.83. The zero-order chi connectivity index (χ0) is 15.6. The highest BCUT2D eigenvalue weighted by Crippen LogP contribution is 2.19. The van der Waals surface area contributed by atoms with Gasteiger partial charge in [0.2, 0.25) is 0 Å². The summed E-state index contributed by atoms with van der Waals surface area (Å²) in [4.78, 5) is 26.5. The molecule has 0 unspecified atom stereocenters. The van der Waals surface area contributed by atoms with Crippen LogP contribution in [0.5, 0.6) is 0 Å². The van der Waals surface area contributed by atoms with E-state index in [1.807, 2.05) is 0 Å². The fraction of sp³-hybridized carbons (Fsp3) is 0.0714. The van der Waals surface area contributed by atoms with Crippen LogP contribution in [-0.2, 0) is 0 Å². The molecule has 1 amide bonds. The number of aromatic carboxylic acids is 1. The Balaban J connectivity index is 2.40. The monoisotopic (exact) mass is 292 g/mol. The fourth-order valence-electron chi connectivity index (χ4n) is 1.73. The van der Waals surface area contributed by atoms with Crippen molar-refractivity contribution >= 4 is 17.6 Å². The first-order valence-electron chi connectivity index (χ1n) is 5.86. The predicted octanol–water partition coefficient (Wildman–Crippen LogP) is 2.62. The number of carbonyl (C=O) groups excluding carboxylic acids is 1. The minimum absolute atomic E-state index is 0.103. The number of carbonyl (C=O) groups is 2. The summed E-state index contributed by atoms with van der Waals surface area (Å²) in [5.74, 6) is -4.47. The maximum absolute atomic E-state index is 13.8. The Bertz CT molecular complexity index is 732. The molecule has 2 N–H and O–H groups in total. The number of hydrogen-bond acceptors (Lipinski definition) is 3. The average molecular weight is 292 g/mol. The topological polar surface area (TPSA) is 79.3 Å². The number of pyridine rings is 1. The molecular weight excluding hydrogens is 282 g/mol. The summed E-state index contributed by atoms with van der Waals surface area (Å²) >= 11 is 0. The van der Waals surface area contributed by atoms with E-state index in [4.69, 9.17) is 5.11 Å². The van der Waals surface area contributed by atoms with Gasteiger partial charge in [-0.15, -0.1) is 0 Å². The van der Waals surface area contributed by atoms with Crippen molar-refractivity contribution in [1.82, 2.24) is 4.98 Å². The second-order valence-electron chi connectivity index (χ2n) is 4.21. The van der Waals surface area contributed by atoms with Crippen LogP contribution in [0.1, 0.15) is 26.4 Å². The van der Waals surface area contributed by atoms with Gasteiger partial charge in [0.15, 0.2) is 5.69 Å². The molecule has 0 saturated carbocycles. The molecule has 1 aromatic carbocycles. The molecule has 0 aliphatic heterocycles. The lowest BCUT2D eigenvalue weighted by Gasteiger charge is -2.10. The van der Waals surface area contributed by atoms with E-state index in [1.165, 1.54) is 31.3 Å². The van der Waals surface area contributed by atoms with Crippen LogP contribution in [0.25, 0.3) is 0 Å². The molecule has 0 aliphatic carbocycles. The lowest BCUT2D eigenvalue weighted by atomic mass is 10.1. The van der Waals surface area contributed by atoms with Crippen molar-refractivity contribution in [3.8, 4) is 0 Å². The van der Waals surface area contributed by atoms with Gasteiger partial charge in [-0.2, -0.15) is 0 Å². The van der Waals surface area contributed by atoms with Crippen LogP contribution in [0, 0.1) is 18.6 Å². The number of carboxylic acids is 1. The number of halogens is 2. The van der Waals surface area contributed by atoms with Crippen LogP contribution in [-0.4, -0.2) is 22.0 Å². The largest absolute Gasteiger partial charge is 0.476 e. The summed E-state index contributed by atoms with van der Waals surface area (Å²) in [6.07, 6.45) is 1.23. The van der Waals surface area contributed by atoms with Crippen molar-refractivity contribution in [2.45, 2.75) is 6.92 Å². The van der Waals surface area contributed by atoms with E-state index in [9.17, 15) is 18.4 Å². The Morgan fingerprint density at radius 3 is 2.62 bits per heavy atom. The van der Waals surface area contributed by atoms with Gasteiger partial charge in [-0.1, -0.05) is 6.07 Å². The first-order valence-corrected chi connectivity index (χ1v) is 5.86. The third-order valence-electron chi connectivity index (χ3n) is 2.77. The molecule has 0 bridgehead atoms. The second-order valence-corrected chi connectivity index (χ2v) is 4.21. The number of benzene rings is 1. The zero-order valence-corrected chi connectivity index (χ0v) is 10.9. The number of amides is 1. The first-order chi connectivity index (χ1) is 9.91. The molecule has 0 aliphatic rings. The maximum Gasteiger partial charge on any atom is 0.356 e. The van der Waals surface area contributed by atoms with Gasteiger partial charge in [0, 0.05) is 6.20 Å². The number of aromatic nitrogens is 1. The Morgan fingerprint density at radius 1 is 1.24 bits per heavy atom. The summed E-state index contributed by atoms with van der Waals surface area (Å²) in [6.45, 7) is 1.39. The Kier molecular flexibility index (Phi) is 3.93. The van der Waals surface area contributed by atoms with Crippen molar-refractivity contribution in [2.24, 2.45) is 0 Å². The average Bonchev–Trinajstić information content (AvgIpc) is 2.43. The molecule has 2 aromatic rings. The molecular formula is C14H10F2N2O3. The first kappa shape index (κ1) is 14.6. The van der Waals surface area contributed by atoms with Crippen molar-refractivity contribution in [2.75, 3.05) is 5.32 Å². The smallest absolute Gasteiger partial charge is 0.356 e. The zero-order valence-electron chi connectivity index (χ0n) is 10.9. The van der Waals surface area contributed by atoms with Crippen LogP contribution >= 0.6 is 0 Å². The molecule has 5 nitrogen and oxygen atoms in total. The van der Waals surface area contributed by atoms with E-state index in [2.05, 4.69) is 10.3 Å². The molecule has 1 aromatic heterocycles. The predicted molar refractivity (Wildman–Crippen MR) is 70.2 cm³/mol. The molecule has 108 valence electrons. The third-order valence-corrected chi connectivity index (χ3v) is 2.77. The second kappa shape index (κ2) is 5.66. The summed E-state index contributed by atoms with van der Waals surface area (Å²) < 4.78 is 27.5. The SMILES string of the molecule is Cc1ccc(F)c(C(=O)Nc2cccnc2C(=O)O)c1F. The van der Waals surface area contributed by atoms with Gasteiger partial charge < -0.3 is 10.4 Å². The maximum atomic E-state index is 13.8. The highest BCUT2D eigenvalue weighted by Gasteiger charge is 2.21. The molecule has 1 heterocycles. The summed E-state index contributed by atoms with van der Waals surface area (Å²) in [5, 5.41) is 11.1. The van der Waals surface area contributed by atoms with E-state index < -0.39 is 34.8 Å². The van der Waals surface area contributed by atoms with E-state index >= 15 is 0 Å². The number of nitrogens with one attached hydrogen (secondary N) is 1. The number of anilines is 1. The van der Waals surface area contributed by atoms with E-state index in [0.29, 0.717) is 0 Å². The quantitative estimate of drug-likeness (QED) is 0.911. The van der Waals surface area contributed by atoms with Gasteiger partial charge in [0.1, 0.15) is 17.2 Å². The number of nitrogens with zero attached hydrogens (tertiary/aromatic N) is 1. The van der Waals surface area contributed by atoms with Crippen molar-refractivity contribution in [1.29, 1.82) is 0 Å². The van der Waals surface area contributed by atoms with Crippen molar-refractivity contribution in [3.05, 3.63) is 58.9 Å². The molecule has 2 rings (SSSR count).